The van der Waals surface area contributed by atoms with Crippen LogP contribution in [-0.4, -0.2) is 49.4 Å². The summed E-state index contributed by atoms with van der Waals surface area (Å²) in [6, 6.07) is 3.86. The number of amides is 1. The Morgan fingerprint density at radius 3 is 2.58 bits per heavy atom. The van der Waals surface area contributed by atoms with Crippen LogP contribution in [0.4, 0.5) is 5.82 Å². The number of carbonyl (C=O) groups is 1. The van der Waals surface area contributed by atoms with Crippen LogP contribution in [-0.2, 0) is 9.84 Å². The van der Waals surface area contributed by atoms with Gasteiger partial charge in [-0.2, -0.15) is 0 Å². The van der Waals surface area contributed by atoms with E-state index in [1.165, 1.54) is 12.8 Å². The molecule has 1 aromatic heterocycles. The Hall–Kier alpha value is -1.63. The molecule has 1 amide bonds. The van der Waals surface area contributed by atoms with E-state index in [-0.39, 0.29) is 29.5 Å². The van der Waals surface area contributed by atoms with E-state index in [4.69, 9.17) is 0 Å². The molecule has 2 heterocycles. The maximum Gasteiger partial charge on any atom is 0.253 e. The molecule has 24 heavy (non-hydrogen) atoms. The predicted octanol–water partition coefficient (Wildman–Crippen LogP) is 1.77. The lowest BCUT2D eigenvalue weighted by Crippen LogP contribution is -2.37. The highest BCUT2D eigenvalue weighted by molar-refractivity contribution is 7.91. The largest absolute Gasteiger partial charge is 0.353 e. The highest BCUT2D eigenvalue weighted by Gasteiger charge is 2.32. The summed E-state index contributed by atoms with van der Waals surface area (Å²) < 4.78 is 23.4. The second-order valence-corrected chi connectivity index (χ2v) is 8.93. The minimum Gasteiger partial charge on any atom is -0.353 e. The van der Waals surface area contributed by atoms with Gasteiger partial charge in [0.15, 0.2) is 9.84 Å². The van der Waals surface area contributed by atoms with Gasteiger partial charge >= 0.3 is 0 Å². The molecule has 1 aromatic rings. The van der Waals surface area contributed by atoms with Crippen LogP contribution >= 0.6 is 0 Å². The Morgan fingerprint density at radius 1 is 1.29 bits per heavy atom. The molecule has 1 unspecified atom stereocenters. The lowest BCUT2D eigenvalue weighted by Gasteiger charge is -2.28. The zero-order valence-corrected chi connectivity index (χ0v) is 14.9. The summed E-state index contributed by atoms with van der Waals surface area (Å²) in [6.07, 6.45) is 6.69. The van der Waals surface area contributed by atoms with Gasteiger partial charge in [0.2, 0.25) is 0 Å². The Kier molecular flexibility index (Phi) is 5.08. The third-order valence-corrected chi connectivity index (χ3v) is 6.73. The quantitative estimate of drug-likeness (QED) is 0.874. The van der Waals surface area contributed by atoms with Crippen LogP contribution in [0.5, 0.6) is 0 Å². The number of rotatable bonds is 5. The molecule has 1 N–H and O–H groups in total. The molecule has 6 nitrogen and oxygen atoms in total. The third kappa shape index (κ3) is 3.88. The second-order valence-electron chi connectivity index (χ2n) is 6.70. The van der Waals surface area contributed by atoms with Gasteiger partial charge in [-0.1, -0.05) is 12.8 Å². The fourth-order valence-corrected chi connectivity index (χ4v) is 5.39. The molecule has 2 fully saturated rings. The molecule has 0 aromatic carbocycles. The third-order valence-electron chi connectivity index (χ3n) is 4.98. The van der Waals surface area contributed by atoms with E-state index in [2.05, 4.69) is 10.3 Å². The number of hydrogen-bond donors (Lipinski definition) is 1. The number of pyridine rings is 1. The van der Waals surface area contributed by atoms with Crippen LogP contribution in [0, 0.1) is 0 Å². The van der Waals surface area contributed by atoms with Gasteiger partial charge in [-0.05, 0) is 38.3 Å². The Bertz CT molecular complexity index is 682. The predicted molar refractivity (Wildman–Crippen MR) is 94.0 cm³/mol. The van der Waals surface area contributed by atoms with E-state index in [9.17, 15) is 13.2 Å². The number of sulfone groups is 1. The van der Waals surface area contributed by atoms with Gasteiger partial charge in [0.25, 0.3) is 5.91 Å². The van der Waals surface area contributed by atoms with Crippen LogP contribution < -0.4 is 10.2 Å². The van der Waals surface area contributed by atoms with Crippen molar-refractivity contribution in [3.05, 3.63) is 23.9 Å². The molecule has 3 rings (SSSR count). The Balaban J connectivity index is 1.67. The molecule has 0 radical (unpaired) electrons. The van der Waals surface area contributed by atoms with Crippen molar-refractivity contribution in [2.75, 3.05) is 23.0 Å². The zero-order chi connectivity index (χ0) is 17.2. The minimum absolute atomic E-state index is 0.0225. The van der Waals surface area contributed by atoms with Crippen LogP contribution in [0.25, 0.3) is 0 Å². The first kappa shape index (κ1) is 17.2. The SMILES string of the molecule is CCN(c1ccc(C(=O)NC2CCCC2)cn1)C1CCS(=O)(=O)C1. The Morgan fingerprint density at radius 2 is 2.04 bits per heavy atom. The maximum absolute atomic E-state index is 12.2. The second kappa shape index (κ2) is 7.09. The molecule has 0 spiro atoms. The highest BCUT2D eigenvalue weighted by atomic mass is 32.2. The summed E-state index contributed by atoms with van der Waals surface area (Å²) >= 11 is 0. The van der Waals surface area contributed by atoms with E-state index in [0.29, 0.717) is 18.5 Å². The topological polar surface area (TPSA) is 79.4 Å². The highest BCUT2D eigenvalue weighted by Crippen LogP contribution is 2.23. The van der Waals surface area contributed by atoms with Gasteiger partial charge in [-0.15, -0.1) is 0 Å². The van der Waals surface area contributed by atoms with Crippen molar-refractivity contribution >= 4 is 21.6 Å². The number of carbonyl (C=O) groups excluding carboxylic acids is 1. The number of nitrogens with one attached hydrogen (secondary N) is 1. The first-order chi connectivity index (χ1) is 11.5. The summed E-state index contributed by atoms with van der Waals surface area (Å²) in [7, 11) is -2.93. The van der Waals surface area contributed by atoms with Crippen LogP contribution in [0.15, 0.2) is 18.3 Å². The molecule has 7 heteroatoms. The summed E-state index contributed by atoms with van der Waals surface area (Å²) in [5.74, 6) is 1.09. The van der Waals surface area contributed by atoms with Crippen molar-refractivity contribution in [3.8, 4) is 0 Å². The average molecular weight is 351 g/mol. The molecule has 0 bridgehead atoms. The van der Waals surface area contributed by atoms with Gasteiger partial charge in [0, 0.05) is 24.8 Å². The van der Waals surface area contributed by atoms with Crippen molar-refractivity contribution in [1.29, 1.82) is 0 Å². The van der Waals surface area contributed by atoms with Crippen molar-refractivity contribution in [1.82, 2.24) is 10.3 Å². The first-order valence-corrected chi connectivity index (χ1v) is 10.5. The summed E-state index contributed by atoms with van der Waals surface area (Å²) in [5, 5.41) is 3.05. The van der Waals surface area contributed by atoms with Crippen molar-refractivity contribution < 1.29 is 13.2 Å². The maximum atomic E-state index is 12.2. The van der Waals surface area contributed by atoms with E-state index < -0.39 is 9.84 Å². The zero-order valence-electron chi connectivity index (χ0n) is 14.1. The van der Waals surface area contributed by atoms with E-state index in [0.717, 1.165) is 18.7 Å². The normalized spacial score (nSPS) is 23.3. The number of hydrogen-bond acceptors (Lipinski definition) is 5. The molecule has 1 saturated carbocycles. The average Bonchev–Trinajstić information content (AvgIpc) is 3.18. The smallest absolute Gasteiger partial charge is 0.253 e. The lowest BCUT2D eigenvalue weighted by atomic mass is 10.2. The van der Waals surface area contributed by atoms with E-state index >= 15 is 0 Å². The molecule has 1 atom stereocenters. The molecule has 2 aliphatic rings. The van der Waals surface area contributed by atoms with Gasteiger partial charge in [-0.3, -0.25) is 4.79 Å². The molecular weight excluding hydrogens is 326 g/mol. The number of anilines is 1. The van der Waals surface area contributed by atoms with Gasteiger partial charge in [0.05, 0.1) is 17.1 Å². The molecule has 132 valence electrons. The molecule has 1 saturated heterocycles. The fourth-order valence-electron chi connectivity index (χ4n) is 3.66. The van der Waals surface area contributed by atoms with Crippen LogP contribution in [0.1, 0.15) is 49.4 Å². The standard InChI is InChI=1S/C17H25N3O3S/c1-2-20(15-9-10-24(22,23)12-15)16-8-7-13(11-18-16)17(21)19-14-5-3-4-6-14/h7-8,11,14-15H,2-6,9-10,12H2,1H3,(H,19,21). The summed E-state index contributed by atoms with van der Waals surface area (Å²) in [6.45, 7) is 2.69. The van der Waals surface area contributed by atoms with Gasteiger partial charge < -0.3 is 10.2 Å². The van der Waals surface area contributed by atoms with Crippen molar-refractivity contribution in [3.63, 3.8) is 0 Å². The molecule has 1 aliphatic carbocycles. The number of nitrogens with zero attached hydrogens (tertiary/aromatic N) is 2. The molecular formula is C17H25N3O3S. The van der Waals surface area contributed by atoms with Crippen molar-refractivity contribution in [2.24, 2.45) is 0 Å². The number of aromatic nitrogens is 1. The minimum atomic E-state index is -2.93. The summed E-state index contributed by atoms with van der Waals surface area (Å²) in [5.41, 5.74) is 0.556. The summed E-state index contributed by atoms with van der Waals surface area (Å²) in [4.78, 5) is 18.7. The monoisotopic (exact) mass is 351 g/mol. The fraction of sp³-hybridized carbons (Fsp3) is 0.647. The van der Waals surface area contributed by atoms with Gasteiger partial charge in [0.1, 0.15) is 5.82 Å². The van der Waals surface area contributed by atoms with Crippen LogP contribution in [0.2, 0.25) is 0 Å². The van der Waals surface area contributed by atoms with E-state index in [1.807, 2.05) is 17.9 Å². The van der Waals surface area contributed by atoms with Crippen molar-refractivity contribution in [2.45, 2.75) is 51.1 Å². The first-order valence-electron chi connectivity index (χ1n) is 8.72. The lowest BCUT2D eigenvalue weighted by molar-refractivity contribution is 0.0937. The van der Waals surface area contributed by atoms with E-state index in [1.54, 1.807) is 12.3 Å². The van der Waals surface area contributed by atoms with Crippen LogP contribution in [0.3, 0.4) is 0 Å². The molecule has 1 aliphatic heterocycles. The Labute approximate surface area is 143 Å². The van der Waals surface area contributed by atoms with Gasteiger partial charge in [-0.25, -0.2) is 13.4 Å².